The van der Waals surface area contributed by atoms with Gasteiger partial charge in [-0.3, -0.25) is 9.59 Å². The highest BCUT2D eigenvalue weighted by molar-refractivity contribution is 5.81. The summed E-state index contributed by atoms with van der Waals surface area (Å²) in [6.45, 7) is -0.285. The van der Waals surface area contributed by atoms with Crippen molar-refractivity contribution in [3.63, 3.8) is 0 Å². The number of rotatable bonds is 9. The van der Waals surface area contributed by atoms with Crippen LogP contribution in [0.15, 0.2) is 36.4 Å². The lowest BCUT2D eigenvalue weighted by atomic mass is 9.88. The Morgan fingerprint density at radius 3 is 2.42 bits per heavy atom. The van der Waals surface area contributed by atoms with Gasteiger partial charge in [-0.2, -0.15) is 0 Å². The number of carbonyl (C=O) groups is 2. The monoisotopic (exact) mass is 427 g/mol. The molecule has 0 saturated carbocycles. The highest BCUT2D eigenvalue weighted by atomic mass is 16.5. The van der Waals surface area contributed by atoms with Crippen molar-refractivity contribution in [3.8, 4) is 17.2 Å². The van der Waals surface area contributed by atoms with Crippen LogP contribution in [0.3, 0.4) is 0 Å². The predicted molar refractivity (Wildman–Crippen MR) is 116 cm³/mol. The van der Waals surface area contributed by atoms with Crippen LogP contribution in [0.1, 0.15) is 42.0 Å². The Bertz CT molecular complexity index is 901. The van der Waals surface area contributed by atoms with Gasteiger partial charge in [-0.15, -0.1) is 0 Å². The minimum atomic E-state index is -0.437. The van der Waals surface area contributed by atoms with Gasteiger partial charge < -0.3 is 24.3 Å². The Hall–Kier alpha value is -3.22. The maximum absolute atomic E-state index is 12.3. The molecule has 0 radical (unpaired) electrons. The molecule has 0 fully saturated rings. The summed E-state index contributed by atoms with van der Waals surface area (Å²) in [5.74, 6) is 0.822. The largest absolute Gasteiger partial charge is 0.493 e. The van der Waals surface area contributed by atoms with E-state index < -0.39 is 5.97 Å². The molecule has 31 heavy (non-hydrogen) atoms. The van der Waals surface area contributed by atoms with Crippen molar-refractivity contribution in [2.45, 2.75) is 38.1 Å². The number of aryl methyl sites for hydroxylation is 2. The summed E-state index contributed by atoms with van der Waals surface area (Å²) in [7, 11) is 4.62. The molecule has 7 nitrogen and oxygen atoms in total. The topological polar surface area (TPSA) is 83.1 Å². The van der Waals surface area contributed by atoms with Crippen molar-refractivity contribution >= 4 is 11.9 Å². The summed E-state index contributed by atoms with van der Waals surface area (Å²) >= 11 is 0. The summed E-state index contributed by atoms with van der Waals surface area (Å²) < 4.78 is 21.1. The number of benzene rings is 2. The quantitative estimate of drug-likeness (QED) is 0.618. The lowest BCUT2D eigenvalue weighted by Crippen LogP contribution is -2.34. The second kappa shape index (κ2) is 10.7. The third-order valence-corrected chi connectivity index (χ3v) is 5.41. The molecule has 0 aliphatic heterocycles. The van der Waals surface area contributed by atoms with Gasteiger partial charge in [0.15, 0.2) is 18.1 Å². The molecule has 1 N–H and O–H groups in total. The van der Waals surface area contributed by atoms with Gasteiger partial charge in [0.2, 0.25) is 5.75 Å². The van der Waals surface area contributed by atoms with Crippen molar-refractivity contribution in [1.82, 2.24) is 5.32 Å². The third-order valence-electron chi connectivity index (χ3n) is 5.41. The first kappa shape index (κ1) is 22.5. The molecule has 3 rings (SSSR count). The van der Waals surface area contributed by atoms with E-state index in [2.05, 4.69) is 11.4 Å². The Morgan fingerprint density at radius 2 is 1.74 bits per heavy atom. The second-order valence-electron chi connectivity index (χ2n) is 7.41. The van der Waals surface area contributed by atoms with Crippen LogP contribution in [-0.4, -0.2) is 39.8 Å². The van der Waals surface area contributed by atoms with Crippen LogP contribution in [0.2, 0.25) is 0 Å². The number of esters is 1. The van der Waals surface area contributed by atoms with E-state index in [1.807, 2.05) is 18.2 Å². The summed E-state index contributed by atoms with van der Waals surface area (Å²) in [5.41, 5.74) is 3.26. The van der Waals surface area contributed by atoms with E-state index >= 15 is 0 Å². The van der Waals surface area contributed by atoms with E-state index in [9.17, 15) is 9.59 Å². The normalized spacial score (nSPS) is 14.9. The average Bonchev–Trinajstić information content (AvgIpc) is 2.80. The van der Waals surface area contributed by atoms with Gasteiger partial charge in [-0.1, -0.05) is 24.3 Å². The van der Waals surface area contributed by atoms with Gasteiger partial charge in [0.25, 0.3) is 5.91 Å². The number of fused-ring (bicyclic) bond motifs is 1. The minimum absolute atomic E-state index is 0.0321. The van der Waals surface area contributed by atoms with E-state index in [0.717, 1.165) is 30.4 Å². The van der Waals surface area contributed by atoms with Crippen LogP contribution in [-0.2, 0) is 27.2 Å². The molecular formula is C24H29NO6. The SMILES string of the molecule is COc1cc(CCC(=O)OCC(=O)NC2CCCc3ccccc32)cc(OC)c1OC. The van der Waals surface area contributed by atoms with Crippen LogP contribution in [0.5, 0.6) is 17.2 Å². The first-order valence-electron chi connectivity index (χ1n) is 10.4. The minimum Gasteiger partial charge on any atom is -0.493 e. The average molecular weight is 427 g/mol. The van der Waals surface area contributed by atoms with Crippen LogP contribution in [0.25, 0.3) is 0 Å². The first-order valence-corrected chi connectivity index (χ1v) is 10.4. The molecule has 0 saturated heterocycles. The molecule has 0 aromatic heterocycles. The lowest BCUT2D eigenvalue weighted by molar-refractivity contribution is -0.148. The van der Waals surface area contributed by atoms with Crippen molar-refractivity contribution < 1.29 is 28.5 Å². The molecule has 1 aliphatic carbocycles. The number of nitrogens with one attached hydrogen (secondary N) is 1. The number of methoxy groups -OCH3 is 3. The lowest BCUT2D eigenvalue weighted by Gasteiger charge is -2.26. The molecule has 1 unspecified atom stereocenters. The van der Waals surface area contributed by atoms with Gasteiger partial charge in [-0.05, 0) is 54.5 Å². The van der Waals surface area contributed by atoms with Gasteiger partial charge in [0.05, 0.1) is 27.4 Å². The third kappa shape index (κ3) is 5.69. The Balaban J connectivity index is 1.49. The molecule has 0 spiro atoms. The van der Waals surface area contributed by atoms with Crippen molar-refractivity contribution in [2.24, 2.45) is 0 Å². The van der Waals surface area contributed by atoms with E-state index in [4.69, 9.17) is 18.9 Å². The van der Waals surface area contributed by atoms with Crippen LogP contribution < -0.4 is 19.5 Å². The fourth-order valence-electron chi connectivity index (χ4n) is 3.88. The Labute approximate surface area is 182 Å². The molecule has 7 heteroatoms. The number of carbonyl (C=O) groups excluding carboxylic acids is 2. The van der Waals surface area contributed by atoms with Crippen LogP contribution >= 0.6 is 0 Å². The smallest absolute Gasteiger partial charge is 0.306 e. The zero-order valence-electron chi connectivity index (χ0n) is 18.2. The summed E-state index contributed by atoms with van der Waals surface area (Å²) in [4.78, 5) is 24.5. The maximum atomic E-state index is 12.3. The molecule has 0 heterocycles. The van der Waals surface area contributed by atoms with E-state index in [1.54, 1.807) is 26.4 Å². The molecule has 166 valence electrons. The highest BCUT2D eigenvalue weighted by Crippen LogP contribution is 2.38. The van der Waals surface area contributed by atoms with E-state index in [-0.39, 0.29) is 25.0 Å². The molecule has 2 aromatic carbocycles. The summed E-state index contributed by atoms with van der Waals surface area (Å²) in [6.07, 6.45) is 3.50. The Morgan fingerprint density at radius 1 is 1.03 bits per heavy atom. The van der Waals surface area contributed by atoms with Crippen LogP contribution in [0.4, 0.5) is 0 Å². The molecule has 2 aromatic rings. The maximum Gasteiger partial charge on any atom is 0.306 e. The number of hydrogen-bond donors (Lipinski definition) is 1. The fourth-order valence-corrected chi connectivity index (χ4v) is 3.88. The summed E-state index contributed by atoms with van der Waals surface area (Å²) in [5, 5.41) is 2.98. The Kier molecular flexibility index (Phi) is 7.76. The first-order chi connectivity index (χ1) is 15.0. The molecule has 1 atom stereocenters. The number of hydrogen-bond acceptors (Lipinski definition) is 6. The zero-order valence-corrected chi connectivity index (χ0v) is 18.2. The molecule has 1 aliphatic rings. The van der Waals surface area contributed by atoms with Crippen molar-refractivity contribution in [1.29, 1.82) is 0 Å². The van der Waals surface area contributed by atoms with Gasteiger partial charge in [-0.25, -0.2) is 0 Å². The number of amides is 1. The van der Waals surface area contributed by atoms with Gasteiger partial charge >= 0.3 is 5.97 Å². The zero-order chi connectivity index (χ0) is 22.2. The van der Waals surface area contributed by atoms with Crippen molar-refractivity contribution in [2.75, 3.05) is 27.9 Å². The summed E-state index contributed by atoms with van der Waals surface area (Å²) in [6, 6.07) is 11.7. The standard InChI is InChI=1S/C24H29NO6/c1-28-20-13-16(14-21(29-2)24(20)30-3)11-12-23(27)31-15-22(26)25-19-10-6-8-17-7-4-5-9-18(17)19/h4-5,7,9,13-14,19H,6,8,10-12,15H2,1-3H3,(H,25,26). The van der Waals surface area contributed by atoms with E-state index in [0.29, 0.717) is 23.7 Å². The second-order valence-corrected chi connectivity index (χ2v) is 7.41. The van der Waals surface area contributed by atoms with Crippen molar-refractivity contribution in [3.05, 3.63) is 53.1 Å². The van der Waals surface area contributed by atoms with Crippen LogP contribution in [0, 0.1) is 0 Å². The number of ether oxygens (including phenoxy) is 4. The van der Waals surface area contributed by atoms with E-state index in [1.165, 1.54) is 12.7 Å². The molecular weight excluding hydrogens is 398 g/mol. The molecule has 1 amide bonds. The molecule has 0 bridgehead atoms. The van der Waals surface area contributed by atoms with Gasteiger partial charge in [0.1, 0.15) is 0 Å². The highest BCUT2D eigenvalue weighted by Gasteiger charge is 2.22. The fraction of sp³-hybridized carbons (Fsp3) is 0.417. The van der Waals surface area contributed by atoms with Gasteiger partial charge in [0, 0.05) is 6.42 Å². The predicted octanol–water partition coefficient (Wildman–Crippen LogP) is 3.38.